The van der Waals surface area contributed by atoms with Gasteiger partial charge in [-0.25, -0.2) is 4.98 Å². The first-order valence-electron chi connectivity index (χ1n) is 11.0. The van der Waals surface area contributed by atoms with Crippen LogP contribution in [-0.2, 0) is 12.6 Å². The van der Waals surface area contributed by atoms with E-state index < -0.39 is 17.6 Å². The molecule has 1 fully saturated rings. The standard InChI is InChI=1S/C24H25ClF3N3O2/c25-22-17(11-16(24(26,27)28)12-18(22)23(29)32)15-7-5-14(6-8-15)13-30-10-9-21-31-19-3-1-2-4-20(19)33-21/h1-4,11-12,14-15,30H,5-10,13H2,(H2,29,32). The topological polar surface area (TPSA) is 81.2 Å². The van der Waals surface area contributed by atoms with Crippen molar-refractivity contribution in [2.75, 3.05) is 13.1 Å². The number of nitrogens with zero attached hydrogens (tertiary/aromatic N) is 1. The molecule has 0 unspecified atom stereocenters. The summed E-state index contributed by atoms with van der Waals surface area (Å²) in [6.45, 7) is 1.55. The number of nitrogens with two attached hydrogens (primary N) is 1. The van der Waals surface area contributed by atoms with Crippen LogP contribution < -0.4 is 11.1 Å². The first-order chi connectivity index (χ1) is 15.7. The molecule has 0 aliphatic heterocycles. The Morgan fingerprint density at radius 2 is 1.91 bits per heavy atom. The molecule has 4 rings (SSSR count). The van der Waals surface area contributed by atoms with E-state index in [1.165, 1.54) is 0 Å². The number of fused-ring (bicyclic) bond motifs is 1. The van der Waals surface area contributed by atoms with Gasteiger partial charge in [-0.3, -0.25) is 4.79 Å². The number of rotatable bonds is 7. The highest BCUT2D eigenvalue weighted by atomic mass is 35.5. The Kier molecular flexibility index (Phi) is 6.95. The zero-order valence-electron chi connectivity index (χ0n) is 17.9. The van der Waals surface area contributed by atoms with Crippen LogP contribution in [0.25, 0.3) is 11.1 Å². The molecule has 0 bridgehead atoms. The molecule has 1 aliphatic rings. The average molecular weight is 480 g/mol. The van der Waals surface area contributed by atoms with Gasteiger partial charge in [-0.2, -0.15) is 13.2 Å². The second-order valence-electron chi connectivity index (χ2n) is 8.54. The van der Waals surface area contributed by atoms with E-state index in [2.05, 4.69) is 10.3 Å². The van der Waals surface area contributed by atoms with E-state index in [1.54, 1.807) is 0 Å². The van der Waals surface area contributed by atoms with E-state index in [-0.39, 0.29) is 16.5 Å². The molecular weight excluding hydrogens is 455 g/mol. The first kappa shape index (κ1) is 23.6. The van der Waals surface area contributed by atoms with Crippen molar-refractivity contribution in [2.24, 2.45) is 11.7 Å². The minimum Gasteiger partial charge on any atom is -0.441 e. The molecule has 1 amide bonds. The highest BCUT2D eigenvalue weighted by Crippen LogP contribution is 2.42. The molecule has 33 heavy (non-hydrogen) atoms. The van der Waals surface area contributed by atoms with E-state index in [0.717, 1.165) is 49.2 Å². The van der Waals surface area contributed by atoms with Gasteiger partial charge in [0.1, 0.15) is 5.52 Å². The van der Waals surface area contributed by atoms with Crippen LogP contribution in [0.15, 0.2) is 40.8 Å². The number of halogens is 4. The maximum absolute atomic E-state index is 13.3. The molecule has 176 valence electrons. The van der Waals surface area contributed by atoms with Gasteiger partial charge in [-0.15, -0.1) is 0 Å². The zero-order valence-corrected chi connectivity index (χ0v) is 18.7. The Bertz CT molecular complexity index is 1100. The van der Waals surface area contributed by atoms with Crippen LogP contribution >= 0.6 is 11.6 Å². The summed E-state index contributed by atoms with van der Waals surface area (Å²) >= 11 is 6.29. The maximum atomic E-state index is 13.3. The Balaban J connectivity index is 1.31. The van der Waals surface area contributed by atoms with Crippen molar-refractivity contribution in [1.29, 1.82) is 0 Å². The summed E-state index contributed by atoms with van der Waals surface area (Å²) < 4.78 is 45.7. The fraction of sp³-hybridized carbons (Fsp3) is 0.417. The highest BCUT2D eigenvalue weighted by molar-refractivity contribution is 6.34. The minimum absolute atomic E-state index is 0.0374. The summed E-state index contributed by atoms with van der Waals surface area (Å²) in [5.74, 6) is 0.0278. The molecule has 0 radical (unpaired) electrons. The molecular formula is C24H25ClF3N3O2. The summed E-state index contributed by atoms with van der Waals surface area (Å²) in [6.07, 6.45) is -0.759. The minimum atomic E-state index is -4.57. The lowest BCUT2D eigenvalue weighted by Gasteiger charge is -2.30. The number of nitrogens with one attached hydrogen (secondary N) is 1. The largest absolute Gasteiger partial charge is 0.441 e. The van der Waals surface area contributed by atoms with Gasteiger partial charge in [0, 0.05) is 13.0 Å². The third-order valence-corrected chi connectivity index (χ3v) is 6.69. The SMILES string of the molecule is NC(=O)c1cc(C(F)(F)F)cc(C2CCC(CNCCc3nc4ccccc4o3)CC2)c1Cl. The van der Waals surface area contributed by atoms with Gasteiger partial charge in [0.25, 0.3) is 0 Å². The number of amides is 1. The monoisotopic (exact) mass is 479 g/mol. The Morgan fingerprint density at radius 3 is 2.58 bits per heavy atom. The number of hydrogen-bond donors (Lipinski definition) is 2. The van der Waals surface area contributed by atoms with E-state index in [1.807, 2.05) is 24.3 Å². The third kappa shape index (κ3) is 5.50. The molecule has 3 aromatic rings. The van der Waals surface area contributed by atoms with Gasteiger partial charge < -0.3 is 15.5 Å². The number of aromatic nitrogens is 1. The van der Waals surface area contributed by atoms with Crippen LogP contribution in [0.5, 0.6) is 0 Å². The van der Waals surface area contributed by atoms with Crippen LogP contribution in [0, 0.1) is 5.92 Å². The van der Waals surface area contributed by atoms with Crippen molar-refractivity contribution in [3.05, 3.63) is 64.0 Å². The molecule has 1 aliphatic carbocycles. The van der Waals surface area contributed by atoms with Crippen molar-refractivity contribution in [3.8, 4) is 0 Å². The van der Waals surface area contributed by atoms with E-state index in [0.29, 0.717) is 36.6 Å². The van der Waals surface area contributed by atoms with Crippen molar-refractivity contribution >= 4 is 28.6 Å². The van der Waals surface area contributed by atoms with Crippen molar-refractivity contribution in [3.63, 3.8) is 0 Å². The average Bonchev–Trinajstić information content (AvgIpc) is 3.19. The van der Waals surface area contributed by atoms with Crippen LogP contribution in [-0.4, -0.2) is 24.0 Å². The lowest BCUT2D eigenvalue weighted by atomic mass is 9.78. The highest BCUT2D eigenvalue weighted by Gasteiger charge is 2.34. The number of oxazole rings is 1. The molecule has 0 atom stereocenters. The molecule has 1 saturated carbocycles. The zero-order chi connectivity index (χ0) is 23.6. The predicted molar refractivity (Wildman–Crippen MR) is 120 cm³/mol. The summed E-state index contributed by atoms with van der Waals surface area (Å²) in [6, 6.07) is 9.44. The van der Waals surface area contributed by atoms with Crippen molar-refractivity contribution in [2.45, 2.75) is 44.2 Å². The lowest BCUT2D eigenvalue weighted by Crippen LogP contribution is -2.28. The Hall–Kier alpha value is -2.58. The molecule has 1 heterocycles. The van der Waals surface area contributed by atoms with E-state index in [9.17, 15) is 18.0 Å². The van der Waals surface area contributed by atoms with Gasteiger partial charge in [-0.05, 0) is 73.9 Å². The second-order valence-corrected chi connectivity index (χ2v) is 8.91. The third-order valence-electron chi connectivity index (χ3n) is 6.27. The van der Waals surface area contributed by atoms with Gasteiger partial charge in [0.2, 0.25) is 5.91 Å². The molecule has 0 spiro atoms. The number of primary amides is 1. The fourth-order valence-corrected chi connectivity index (χ4v) is 4.85. The fourth-order valence-electron chi connectivity index (χ4n) is 4.49. The predicted octanol–water partition coefficient (Wildman–Crippen LogP) is 5.71. The smallest absolute Gasteiger partial charge is 0.416 e. The van der Waals surface area contributed by atoms with Gasteiger partial charge >= 0.3 is 6.18 Å². The summed E-state index contributed by atoms with van der Waals surface area (Å²) in [4.78, 5) is 16.1. The summed E-state index contributed by atoms with van der Waals surface area (Å²) in [5, 5.41) is 3.47. The summed E-state index contributed by atoms with van der Waals surface area (Å²) in [5.41, 5.74) is 6.09. The Labute approximate surface area is 194 Å². The second kappa shape index (κ2) is 9.73. The quantitative estimate of drug-likeness (QED) is 0.425. The lowest BCUT2D eigenvalue weighted by molar-refractivity contribution is -0.137. The van der Waals surface area contributed by atoms with Gasteiger partial charge in [-0.1, -0.05) is 23.7 Å². The van der Waals surface area contributed by atoms with Crippen molar-refractivity contribution < 1.29 is 22.4 Å². The Morgan fingerprint density at radius 1 is 1.18 bits per heavy atom. The summed E-state index contributed by atoms with van der Waals surface area (Å²) in [7, 11) is 0. The molecule has 3 N–H and O–H groups in total. The number of benzene rings is 2. The van der Waals surface area contributed by atoms with Crippen molar-refractivity contribution in [1.82, 2.24) is 10.3 Å². The van der Waals surface area contributed by atoms with Crippen LogP contribution in [0.4, 0.5) is 13.2 Å². The molecule has 2 aromatic carbocycles. The number of carbonyl (C=O) groups is 1. The molecule has 1 aromatic heterocycles. The number of hydrogen-bond acceptors (Lipinski definition) is 4. The number of carbonyl (C=O) groups excluding carboxylic acids is 1. The van der Waals surface area contributed by atoms with Gasteiger partial charge in [0.05, 0.1) is 16.1 Å². The van der Waals surface area contributed by atoms with Crippen LogP contribution in [0.2, 0.25) is 5.02 Å². The first-order valence-corrected chi connectivity index (χ1v) is 11.4. The van der Waals surface area contributed by atoms with Crippen LogP contribution in [0.3, 0.4) is 0 Å². The normalized spacial score (nSPS) is 19.2. The van der Waals surface area contributed by atoms with Crippen LogP contribution in [0.1, 0.15) is 59.0 Å². The molecule has 5 nitrogen and oxygen atoms in total. The number of para-hydroxylation sites is 2. The van der Waals surface area contributed by atoms with E-state index >= 15 is 0 Å². The van der Waals surface area contributed by atoms with E-state index in [4.69, 9.17) is 21.8 Å². The number of alkyl halides is 3. The maximum Gasteiger partial charge on any atom is 0.416 e. The molecule has 9 heteroatoms. The molecule has 0 saturated heterocycles. The van der Waals surface area contributed by atoms with Gasteiger partial charge in [0.15, 0.2) is 11.5 Å².